The molecule has 104 valence electrons. The number of hydrogen-bond donors (Lipinski definition) is 1. The van der Waals surface area contributed by atoms with Crippen molar-refractivity contribution in [1.29, 1.82) is 5.26 Å². The first kappa shape index (κ1) is 14.8. The van der Waals surface area contributed by atoms with Gasteiger partial charge in [0.2, 0.25) is 0 Å². The van der Waals surface area contributed by atoms with Crippen molar-refractivity contribution in [2.75, 3.05) is 0 Å². The number of nitrogens with zero attached hydrogens (tertiary/aromatic N) is 3. The first-order valence-corrected chi connectivity index (χ1v) is 7.54. The highest BCUT2D eigenvalue weighted by atomic mass is 35.5. The predicted octanol–water partition coefficient (Wildman–Crippen LogP) is 2.01. The van der Waals surface area contributed by atoms with Gasteiger partial charge in [-0.25, -0.2) is 18.2 Å². The van der Waals surface area contributed by atoms with Crippen LogP contribution in [0.5, 0.6) is 0 Å². The topological polar surface area (TPSA) is 102 Å². The van der Waals surface area contributed by atoms with Crippen LogP contribution in [0.2, 0.25) is 10.0 Å². The molecule has 2 aromatic rings. The first-order valence-electron chi connectivity index (χ1n) is 5.23. The van der Waals surface area contributed by atoms with E-state index in [2.05, 4.69) is 5.10 Å². The molecule has 0 amide bonds. The van der Waals surface area contributed by atoms with E-state index < -0.39 is 10.0 Å². The zero-order valence-electron chi connectivity index (χ0n) is 10.1. The Kier molecular flexibility index (Phi) is 3.75. The molecule has 0 saturated carbocycles. The van der Waals surface area contributed by atoms with Crippen molar-refractivity contribution in [3.8, 4) is 11.8 Å². The van der Waals surface area contributed by atoms with Gasteiger partial charge in [0, 0.05) is 0 Å². The van der Waals surface area contributed by atoms with Crippen LogP contribution in [-0.2, 0) is 10.0 Å². The summed E-state index contributed by atoms with van der Waals surface area (Å²) in [6, 6.07) is 6.24. The zero-order valence-corrected chi connectivity index (χ0v) is 12.5. The fraction of sp³-hybridized carbons (Fsp3) is 0.0909. The van der Waals surface area contributed by atoms with Gasteiger partial charge in [0.25, 0.3) is 10.0 Å². The molecule has 20 heavy (non-hydrogen) atoms. The molecule has 0 bridgehead atoms. The number of primary sulfonamides is 1. The molecule has 6 nitrogen and oxygen atoms in total. The number of aryl methyl sites for hydroxylation is 1. The van der Waals surface area contributed by atoms with E-state index in [9.17, 15) is 8.42 Å². The van der Waals surface area contributed by atoms with Crippen molar-refractivity contribution in [1.82, 2.24) is 9.78 Å². The minimum absolute atomic E-state index is 0.0985. The van der Waals surface area contributed by atoms with Crippen molar-refractivity contribution in [2.45, 2.75) is 11.9 Å². The van der Waals surface area contributed by atoms with Crippen LogP contribution in [-0.4, -0.2) is 18.2 Å². The smallest absolute Gasteiger partial charge is 0.223 e. The van der Waals surface area contributed by atoms with Gasteiger partial charge in [-0.1, -0.05) is 23.2 Å². The Morgan fingerprint density at radius 2 is 2.00 bits per heavy atom. The highest BCUT2D eigenvalue weighted by Crippen LogP contribution is 2.27. The van der Waals surface area contributed by atoms with Gasteiger partial charge in [-0.2, -0.15) is 10.4 Å². The molecule has 1 aromatic carbocycles. The van der Waals surface area contributed by atoms with Crippen LogP contribution in [0, 0.1) is 18.3 Å². The third kappa shape index (κ3) is 2.51. The number of halogens is 2. The number of nitriles is 1. The molecular formula is C11H8Cl2N4O2S. The molecule has 1 heterocycles. The van der Waals surface area contributed by atoms with Gasteiger partial charge in [-0.05, 0) is 25.1 Å². The molecule has 9 heteroatoms. The maximum atomic E-state index is 11.7. The second-order valence-corrected chi connectivity index (χ2v) is 6.22. The predicted molar refractivity (Wildman–Crippen MR) is 74.4 cm³/mol. The van der Waals surface area contributed by atoms with Gasteiger partial charge in [0.05, 0.1) is 21.4 Å². The van der Waals surface area contributed by atoms with E-state index in [1.807, 2.05) is 0 Å². The summed E-state index contributed by atoms with van der Waals surface area (Å²) in [6.45, 7) is 1.52. The van der Waals surface area contributed by atoms with Crippen molar-refractivity contribution in [3.63, 3.8) is 0 Å². The normalized spacial score (nSPS) is 11.3. The number of nitrogens with two attached hydrogens (primary N) is 1. The molecule has 0 aliphatic heterocycles. The summed E-state index contributed by atoms with van der Waals surface area (Å²) in [4.78, 5) is 0. The van der Waals surface area contributed by atoms with Gasteiger partial charge >= 0.3 is 0 Å². The van der Waals surface area contributed by atoms with Crippen LogP contribution >= 0.6 is 23.2 Å². The molecule has 0 radical (unpaired) electrons. The third-order valence-electron chi connectivity index (χ3n) is 2.55. The van der Waals surface area contributed by atoms with E-state index in [4.69, 9.17) is 33.6 Å². The SMILES string of the molecule is Cc1nn(-c2ccc(Cl)c(Cl)c2)c(S(N)(=O)=O)c1C#N. The maximum absolute atomic E-state index is 11.7. The van der Waals surface area contributed by atoms with Crippen molar-refractivity contribution in [2.24, 2.45) is 5.14 Å². The second kappa shape index (κ2) is 5.07. The summed E-state index contributed by atoms with van der Waals surface area (Å²) in [5, 5.41) is 18.4. The zero-order chi connectivity index (χ0) is 15.1. The van der Waals surface area contributed by atoms with Crippen LogP contribution in [0.3, 0.4) is 0 Å². The molecular weight excluding hydrogens is 323 g/mol. The molecule has 0 aliphatic rings. The minimum Gasteiger partial charge on any atom is -0.223 e. The summed E-state index contributed by atoms with van der Waals surface area (Å²) in [7, 11) is -4.12. The molecule has 2 rings (SSSR count). The minimum atomic E-state index is -4.12. The van der Waals surface area contributed by atoms with Gasteiger partial charge in [0.15, 0.2) is 5.03 Å². The molecule has 2 N–H and O–H groups in total. The Labute approximate surface area is 125 Å². The van der Waals surface area contributed by atoms with Crippen molar-refractivity contribution >= 4 is 33.2 Å². The van der Waals surface area contributed by atoms with E-state index in [-0.39, 0.29) is 21.3 Å². The molecule has 0 fully saturated rings. The van der Waals surface area contributed by atoms with Gasteiger partial charge in [-0.15, -0.1) is 0 Å². The average molecular weight is 331 g/mol. The summed E-state index contributed by atoms with van der Waals surface area (Å²) in [5.41, 5.74) is 0.495. The van der Waals surface area contributed by atoms with Gasteiger partial charge in [-0.3, -0.25) is 0 Å². The molecule has 1 aromatic heterocycles. The van der Waals surface area contributed by atoms with Crippen LogP contribution in [0.25, 0.3) is 5.69 Å². The summed E-state index contributed by atoms with van der Waals surface area (Å²) < 4.78 is 24.4. The average Bonchev–Trinajstić information content (AvgIpc) is 2.69. The van der Waals surface area contributed by atoms with Gasteiger partial charge < -0.3 is 0 Å². The Morgan fingerprint density at radius 1 is 1.35 bits per heavy atom. The Hall–Kier alpha value is -1.59. The fourth-order valence-corrected chi connectivity index (χ4v) is 2.85. The lowest BCUT2D eigenvalue weighted by molar-refractivity contribution is 0.587. The Bertz CT molecular complexity index is 837. The van der Waals surface area contributed by atoms with E-state index >= 15 is 0 Å². The molecule has 0 aliphatic carbocycles. The lowest BCUT2D eigenvalue weighted by atomic mass is 10.3. The number of sulfonamides is 1. The fourth-order valence-electron chi connectivity index (χ4n) is 1.69. The highest BCUT2D eigenvalue weighted by Gasteiger charge is 2.25. The summed E-state index contributed by atoms with van der Waals surface area (Å²) in [5.74, 6) is 0. The first-order chi connectivity index (χ1) is 9.25. The molecule has 0 atom stereocenters. The van der Waals surface area contributed by atoms with Crippen LogP contribution in [0.4, 0.5) is 0 Å². The lowest BCUT2D eigenvalue weighted by Crippen LogP contribution is -2.18. The van der Waals surface area contributed by atoms with Crippen LogP contribution in [0.15, 0.2) is 23.2 Å². The Balaban J connectivity index is 2.82. The largest absolute Gasteiger partial charge is 0.257 e. The standard InChI is InChI=1S/C11H8Cl2N4O2S/c1-6-8(5-14)11(20(15,18)19)17(16-6)7-2-3-9(12)10(13)4-7/h2-4H,1H3,(H2,15,18,19). The number of aromatic nitrogens is 2. The maximum Gasteiger partial charge on any atom is 0.257 e. The number of benzene rings is 1. The second-order valence-electron chi connectivity index (χ2n) is 3.93. The molecule has 0 saturated heterocycles. The lowest BCUT2D eigenvalue weighted by Gasteiger charge is -2.07. The van der Waals surface area contributed by atoms with Crippen LogP contribution in [0.1, 0.15) is 11.3 Å². The number of hydrogen-bond acceptors (Lipinski definition) is 4. The summed E-state index contributed by atoms with van der Waals surface area (Å²) in [6.07, 6.45) is 0. The summed E-state index contributed by atoms with van der Waals surface area (Å²) >= 11 is 11.7. The molecule has 0 spiro atoms. The van der Waals surface area contributed by atoms with E-state index in [0.717, 1.165) is 4.68 Å². The van der Waals surface area contributed by atoms with Crippen molar-refractivity contribution < 1.29 is 8.42 Å². The van der Waals surface area contributed by atoms with Crippen molar-refractivity contribution in [3.05, 3.63) is 39.5 Å². The third-order valence-corrected chi connectivity index (χ3v) is 4.20. The molecule has 0 unspecified atom stereocenters. The van der Waals surface area contributed by atoms with Crippen LogP contribution < -0.4 is 5.14 Å². The van der Waals surface area contributed by atoms with Gasteiger partial charge in [0.1, 0.15) is 11.6 Å². The quantitative estimate of drug-likeness (QED) is 0.909. The monoisotopic (exact) mass is 330 g/mol. The van der Waals surface area contributed by atoms with E-state index in [0.29, 0.717) is 10.7 Å². The van der Waals surface area contributed by atoms with E-state index in [1.165, 1.54) is 25.1 Å². The van der Waals surface area contributed by atoms with E-state index in [1.54, 1.807) is 6.07 Å². The number of rotatable bonds is 2. The Morgan fingerprint density at radius 3 is 2.50 bits per heavy atom. The highest BCUT2D eigenvalue weighted by molar-refractivity contribution is 7.89.